The number of carbonyl (C=O) groups is 1. The zero-order chi connectivity index (χ0) is 17.2. The highest BCUT2D eigenvalue weighted by atomic mass is 16.4. The van der Waals surface area contributed by atoms with Crippen LogP contribution in [0.3, 0.4) is 0 Å². The number of benzene rings is 2. The molecule has 2 aromatic rings. The van der Waals surface area contributed by atoms with Gasteiger partial charge >= 0.3 is 5.97 Å². The molecule has 2 rings (SSSR count). The predicted molar refractivity (Wildman–Crippen MR) is 98.9 cm³/mol. The Bertz CT molecular complexity index is 609. The Morgan fingerprint density at radius 1 is 0.958 bits per heavy atom. The summed E-state index contributed by atoms with van der Waals surface area (Å²) in [5.41, 5.74) is 3.68. The normalized spacial score (nSPS) is 10.6. The van der Waals surface area contributed by atoms with Gasteiger partial charge in [0.2, 0.25) is 0 Å². The Balaban J connectivity index is 2.00. The van der Waals surface area contributed by atoms with Crippen molar-refractivity contribution in [3.8, 4) is 0 Å². The lowest BCUT2D eigenvalue weighted by Gasteiger charge is -2.15. The fourth-order valence-corrected chi connectivity index (χ4v) is 2.68. The average Bonchev–Trinajstić information content (AvgIpc) is 2.60. The van der Waals surface area contributed by atoms with Gasteiger partial charge in [0.25, 0.3) is 0 Å². The Hall–Kier alpha value is -2.39. The third kappa shape index (κ3) is 6.01. The number of hydrogen-bond acceptors (Lipinski definition) is 2. The van der Waals surface area contributed by atoms with Crippen molar-refractivity contribution in [2.75, 3.05) is 20.1 Å². The minimum Gasteiger partial charge on any atom is -0.481 e. The number of carboxylic acid groups (broad SMARTS) is 1. The maximum absolute atomic E-state index is 10.6. The Morgan fingerprint density at radius 2 is 1.50 bits per heavy atom. The van der Waals surface area contributed by atoms with Crippen LogP contribution in [-0.4, -0.2) is 36.1 Å². The van der Waals surface area contributed by atoms with E-state index in [4.69, 9.17) is 5.11 Å². The van der Waals surface area contributed by atoms with Crippen molar-refractivity contribution in [1.82, 2.24) is 4.90 Å². The highest BCUT2D eigenvalue weighted by Gasteiger charge is 2.05. The molecule has 3 heteroatoms. The van der Waals surface area contributed by atoms with Gasteiger partial charge in [-0.1, -0.05) is 66.7 Å². The van der Waals surface area contributed by atoms with Crippen LogP contribution in [0.15, 0.2) is 66.7 Å². The van der Waals surface area contributed by atoms with Crippen LogP contribution in [0.1, 0.15) is 30.4 Å². The molecule has 0 aliphatic rings. The Morgan fingerprint density at radius 3 is 2.00 bits per heavy atom. The summed E-state index contributed by atoms with van der Waals surface area (Å²) in [5, 5.41) is 8.70. The third-order valence-corrected chi connectivity index (χ3v) is 3.96. The topological polar surface area (TPSA) is 40.5 Å². The quantitative estimate of drug-likeness (QED) is 0.748. The van der Waals surface area contributed by atoms with Crippen LogP contribution in [-0.2, 0) is 4.79 Å². The Labute approximate surface area is 144 Å². The first kappa shape index (κ1) is 18.0. The lowest BCUT2D eigenvalue weighted by Crippen LogP contribution is -2.21. The highest BCUT2D eigenvalue weighted by Crippen LogP contribution is 2.23. The van der Waals surface area contributed by atoms with Gasteiger partial charge < -0.3 is 10.0 Å². The molecule has 0 radical (unpaired) electrons. The summed E-state index contributed by atoms with van der Waals surface area (Å²) in [4.78, 5) is 12.8. The van der Waals surface area contributed by atoms with E-state index in [1.807, 2.05) is 19.2 Å². The molecule has 3 nitrogen and oxygen atoms in total. The first-order valence-corrected chi connectivity index (χ1v) is 8.38. The molecule has 0 saturated heterocycles. The van der Waals surface area contributed by atoms with E-state index in [1.54, 1.807) is 0 Å². The van der Waals surface area contributed by atoms with Crippen LogP contribution in [0.5, 0.6) is 0 Å². The van der Waals surface area contributed by atoms with Gasteiger partial charge in [0.05, 0.1) is 0 Å². The van der Waals surface area contributed by atoms with Gasteiger partial charge in [0.15, 0.2) is 0 Å². The minimum absolute atomic E-state index is 0.236. The van der Waals surface area contributed by atoms with Gasteiger partial charge in [-0.2, -0.15) is 0 Å². The monoisotopic (exact) mass is 323 g/mol. The minimum atomic E-state index is -0.723. The van der Waals surface area contributed by atoms with E-state index >= 15 is 0 Å². The van der Waals surface area contributed by atoms with Gasteiger partial charge in [-0.15, -0.1) is 0 Å². The highest BCUT2D eigenvalue weighted by molar-refractivity contribution is 5.79. The molecule has 24 heavy (non-hydrogen) atoms. The third-order valence-electron chi connectivity index (χ3n) is 3.96. The van der Waals surface area contributed by atoms with Crippen molar-refractivity contribution in [2.24, 2.45) is 0 Å². The molecule has 0 atom stereocenters. The number of carboxylic acids is 1. The van der Waals surface area contributed by atoms with E-state index < -0.39 is 5.97 Å². The van der Waals surface area contributed by atoms with Gasteiger partial charge in [-0.05, 0) is 43.1 Å². The second-order valence-corrected chi connectivity index (χ2v) is 5.94. The Kier molecular flexibility index (Phi) is 7.24. The molecule has 2 aromatic carbocycles. The SMILES string of the molecule is CN(CCC=C(c1ccccc1)c1ccccc1)CCCC(=O)O. The predicted octanol–water partition coefficient (Wildman–Crippen LogP) is 4.31. The fourth-order valence-electron chi connectivity index (χ4n) is 2.68. The van der Waals surface area contributed by atoms with Gasteiger partial charge in [0.1, 0.15) is 0 Å². The molecule has 0 unspecified atom stereocenters. The summed E-state index contributed by atoms with van der Waals surface area (Å²) < 4.78 is 0. The van der Waals surface area contributed by atoms with E-state index in [1.165, 1.54) is 16.7 Å². The van der Waals surface area contributed by atoms with E-state index in [9.17, 15) is 4.79 Å². The largest absolute Gasteiger partial charge is 0.481 e. The zero-order valence-electron chi connectivity index (χ0n) is 14.2. The van der Waals surface area contributed by atoms with E-state index in [0.717, 1.165) is 19.5 Å². The van der Waals surface area contributed by atoms with Crippen molar-refractivity contribution in [3.63, 3.8) is 0 Å². The van der Waals surface area contributed by atoms with Crippen LogP contribution < -0.4 is 0 Å². The maximum atomic E-state index is 10.6. The second kappa shape index (κ2) is 9.68. The molecular weight excluding hydrogens is 298 g/mol. The standard InChI is InChI=1S/C21H25NO2/c1-22(17-9-15-21(23)24)16-8-14-20(18-10-4-2-5-11-18)19-12-6-3-7-13-19/h2-7,10-14H,8-9,15-17H2,1H3,(H,23,24). The molecule has 0 spiro atoms. The van der Waals surface area contributed by atoms with Crippen LogP contribution in [0.25, 0.3) is 5.57 Å². The number of nitrogens with zero attached hydrogens (tertiary/aromatic N) is 1. The van der Waals surface area contributed by atoms with Gasteiger partial charge in [-0.3, -0.25) is 4.79 Å². The molecule has 0 aliphatic carbocycles. The van der Waals surface area contributed by atoms with Crippen molar-refractivity contribution in [1.29, 1.82) is 0 Å². The molecule has 0 aliphatic heterocycles. The molecule has 1 N–H and O–H groups in total. The van der Waals surface area contributed by atoms with Crippen molar-refractivity contribution >= 4 is 11.5 Å². The van der Waals surface area contributed by atoms with Gasteiger partial charge in [0, 0.05) is 13.0 Å². The van der Waals surface area contributed by atoms with Crippen LogP contribution in [0.2, 0.25) is 0 Å². The zero-order valence-corrected chi connectivity index (χ0v) is 14.2. The smallest absolute Gasteiger partial charge is 0.303 e. The van der Waals surface area contributed by atoms with E-state index in [-0.39, 0.29) is 6.42 Å². The molecule has 0 saturated carbocycles. The fraction of sp³-hybridized carbons (Fsp3) is 0.286. The summed E-state index contributed by atoms with van der Waals surface area (Å²) in [7, 11) is 2.04. The average molecular weight is 323 g/mol. The summed E-state index contributed by atoms with van der Waals surface area (Å²) in [6, 6.07) is 20.8. The summed E-state index contributed by atoms with van der Waals surface area (Å²) in [5.74, 6) is -0.723. The molecule has 0 bridgehead atoms. The van der Waals surface area contributed by atoms with E-state index in [0.29, 0.717) is 6.42 Å². The molecule has 0 amide bonds. The lowest BCUT2D eigenvalue weighted by molar-refractivity contribution is -0.137. The summed E-state index contributed by atoms with van der Waals surface area (Å²) in [6.07, 6.45) is 4.14. The van der Waals surface area contributed by atoms with Crippen LogP contribution in [0, 0.1) is 0 Å². The number of hydrogen-bond donors (Lipinski definition) is 1. The van der Waals surface area contributed by atoms with E-state index in [2.05, 4.69) is 59.5 Å². The maximum Gasteiger partial charge on any atom is 0.303 e. The number of aliphatic carboxylic acids is 1. The summed E-state index contributed by atoms with van der Waals surface area (Å²) >= 11 is 0. The second-order valence-electron chi connectivity index (χ2n) is 5.94. The first-order chi connectivity index (χ1) is 11.7. The van der Waals surface area contributed by atoms with Crippen molar-refractivity contribution < 1.29 is 9.90 Å². The molecule has 0 aromatic heterocycles. The molecule has 126 valence electrons. The first-order valence-electron chi connectivity index (χ1n) is 8.38. The molecule has 0 fully saturated rings. The van der Waals surface area contributed by atoms with Crippen LogP contribution >= 0.6 is 0 Å². The summed E-state index contributed by atoms with van der Waals surface area (Å²) in [6.45, 7) is 1.73. The molecular formula is C21H25NO2. The van der Waals surface area contributed by atoms with Gasteiger partial charge in [-0.25, -0.2) is 0 Å². The number of rotatable bonds is 9. The van der Waals surface area contributed by atoms with Crippen molar-refractivity contribution in [3.05, 3.63) is 77.9 Å². The van der Waals surface area contributed by atoms with Crippen molar-refractivity contribution in [2.45, 2.75) is 19.3 Å². The molecule has 0 heterocycles. The lowest BCUT2D eigenvalue weighted by atomic mass is 9.97. The van der Waals surface area contributed by atoms with Crippen LogP contribution in [0.4, 0.5) is 0 Å².